The highest BCUT2D eigenvalue weighted by atomic mass is 79.9. The quantitative estimate of drug-likeness (QED) is 0.183. The van der Waals surface area contributed by atoms with Crippen molar-refractivity contribution in [2.45, 2.75) is 76.2 Å². The fourth-order valence-corrected chi connectivity index (χ4v) is 5.18. The van der Waals surface area contributed by atoms with E-state index in [0.29, 0.717) is 0 Å². The monoisotopic (exact) mass is 486 g/mol. The SMILES string of the molecule is CCCCCCCCCCSc1ccc(C(c2ccc(C)cc2)c2cc(Br)c[nH]2)[nH]1. The number of benzene rings is 1. The molecule has 0 aliphatic carbocycles. The summed E-state index contributed by atoms with van der Waals surface area (Å²) in [5.74, 6) is 1.38. The summed E-state index contributed by atoms with van der Waals surface area (Å²) >= 11 is 5.54. The average Bonchev–Trinajstić information content (AvgIpc) is 3.38. The maximum Gasteiger partial charge on any atom is 0.0724 e. The molecule has 0 spiro atoms. The van der Waals surface area contributed by atoms with Crippen LogP contribution in [-0.4, -0.2) is 15.7 Å². The minimum atomic E-state index is 0.189. The van der Waals surface area contributed by atoms with Crippen LogP contribution in [0.4, 0.5) is 0 Å². The zero-order valence-corrected chi connectivity index (χ0v) is 20.7. The summed E-state index contributed by atoms with van der Waals surface area (Å²) in [6.45, 7) is 4.42. The molecule has 1 aromatic carbocycles. The topological polar surface area (TPSA) is 31.6 Å². The first-order valence-electron chi connectivity index (χ1n) is 11.4. The summed E-state index contributed by atoms with van der Waals surface area (Å²) in [4.78, 5) is 7.12. The van der Waals surface area contributed by atoms with Crippen LogP contribution in [0.3, 0.4) is 0 Å². The van der Waals surface area contributed by atoms with Crippen LogP contribution in [0.2, 0.25) is 0 Å². The fraction of sp³-hybridized carbons (Fsp3) is 0.462. The number of H-pyrrole nitrogens is 2. The molecule has 0 bridgehead atoms. The molecule has 0 radical (unpaired) electrons. The predicted octanol–water partition coefficient (Wildman–Crippen LogP) is 8.83. The Hall–Kier alpha value is -1.39. The van der Waals surface area contributed by atoms with Gasteiger partial charge in [-0.2, -0.15) is 0 Å². The number of aromatic amines is 2. The molecular formula is C26H35BrN2S. The number of unbranched alkanes of at least 4 members (excludes halogenated alkanes) is 7. The number of aromatic nitrogens is 2. The van der Waals surface area contributed by atoms with Crippen molar-refractivity contribution in [3.8, 4) is 0 Å². The molecule has 4 heteroatoms. The lowest BCUT2D eigenvalue weighted by molar-refractivity contribution is 0.586. The average molecular weight is 488 g/mol. The molecule has 0 saturated heterocycles. The van der Waals surface area contributed by atoms with E-state index in [9.17, 15) is 0 Å². The van der Waals surface area contributed by atoms with Gasteiger partial charge in [0.25, 0.3) is 0 Å². The number of nitrogens with one attached hydrogen (secondary N) is 2. The molecular weight excluding hydrogens is 452 g/mol. The summed E-state index contributed by atoms with van der Waals surface area (Å²) in [6.07, 6.45) is 13.0. The third-order valence-electron chi connectivity index (χ3n) is 5.64. The van der Waals surface area contributed by atoms with Crippen LogP contribution in [0.5, 0.6) is 0 Å². The Morgan fingerprint density at radius 1 is 0.867 bits per heavy atom. The minimum Gasteiger partial charge on any atom is -0.363 e. The Morgan fingerprint density at radius 2 is 1.57 bits per heavy atom. The van der Waals surface area contributed by atoms with Crippen LogP contribution in [0.15, 0.2) is 58.2 Å². The summed E-state index contributed by atoms with van der Waals surface area (Å²) in [5.41, 5.74) is 5.04. The van der Waals surface area contributed by atoms with Crippen molar-refractivity contribution in [3.63, 3.8) is 0 Å². The van der Waals surface area contributed by atoms with Gasteiger partial charge in [-0.25, -0.2) is 0 Å². The lowest BCUT2D eigenvalue weighted by Gasteiger charge is -2.15. The van der Waals surface area contributed by atoms with E-state index in [1.807, 2.05) is 18.0 Å². The summed E-state index contributed by atoms with van der Waals surface area (Å²) in [5, 5.41) is 1.27. The second-order valence-corrected chi connectivity index (χ2v) is 10.3. The molecule has 0 aliphatic rings. The van der Waals surface area contributed by atoms with Crippen LogP contribution in [0.1, 0.15) is 86.7 Å². The maximum atomic E-state index is 3.69. The second-order valence-electron chi connectivity index (χ2n) is 8.22. The number of halogens is 1. The molecule has 0 fully saturated rings. The lowest BCUT2D eigenvalue weighted by Crippen LogP contribution is -2.04. The van der Waals surface area contributed by atoms with Crippen molar-refractivity contribution >= 4 is 27.7 Å². The largest absolute Gasteiger partial charge is 0.363 e. The molecule has 2 heterocycles. The van der Waals surface area contributed by atoms with E-state index in [0.717, 1.165) is 4.47 Å². The molecule has 162 valence electrons. The molecule has 2 aromatic heterocycles. The van der Waals surface area contributed by atoms with Crippen molar-refractivity contribution in [1.29, 1.82) is 0 Å². The van der Waals surface area contributed by atoms with Crippen LogP contribution in [0, 0.1) is 6.92 Å². The molecule has 30 heavy (non-hydrogen) atoms. The fourth-order valence-electron chi connectivity index (χ4n) is 3.90. The van der Waals surface area contributed by atoms with Gasteiger partial charge in [-0.3, -0.25) is 0 Å². The summed E-state index contributed by atoms with van der Waals surface area (Å²) in [6, 6.07) is 15.5. The maximum absolute atomic E-state index is 3.69. The number of hydrogen-bond donors (Lipinski definition) is 2. The first-order chi connectivity index (χ1) is 14.7. The van der Waals surface area contributed by atoms with Gasteiger partial charge in [0.1, 0.15) is 0 Å². The molecule has 3 rings (SSSR count). The predicted molar refractivity (Wildman–Crippen MR) is 135 cm³/mol. The highest BCUT2D eigenvalue weighted by Gasteiger charge is 2.20. The standard InChI is InChI=1S/C26H35BrN2S/c1-3-4-5-6-7-8-9-10-17-30-25-16-15-23(29-25)26(24-18-22(27)19-28-24)21-13-11-20(2)12-14-21/h11-16,18-19,26,28-29H,3-10,17H2,1-2H3. The van der Waals surface area contributed by atoms with Gasteiger partial charge in [0.2, 0.25) is 0 Å². The number of thioether (sulfide) groups is 1. The molecule has 2 nitrogen and oxygen atoms in total. The Balaban J connectivity index is 1.55. The highest BCUT2D eigenvalue weighted by molar-refractivity contribution is 9.10. The zero-order chi connectivity index (χ0) is 21.2. The van der Waals surface area contributed by atoms with Gasteiger partial charge in [-0.1, -0.05) is 81.7 Å². The Morgan fingerprint density at radius 3 is 2.23 bits per heavy atom. The van der Waals surface area contributed by atoms with Crippen molar-refractivity contribution in [2.24, 2.45) is 0 Å². The van der Waals surface area contributed by atoms with Gasteiger partial charge >= 0.3 is 0 Å². The van der Waals surface area contributed by atoms with Crippen molar-refractivity contribution in [2.75, 3.05) is 5.75 Å². The van der Waals surface area contributed by atoms with Crippen molar-refractivity contribution in [3.05, 3.63) is 75.6 Å². The summed E-state index contributed by atoms with van der Waals surface area (Å²) in [7, 11) is 0. The van der Waals surface area contributed by atoms with Crippen molar-refractivity contribution in [1.82, 2.24) is 9.97 Å². The normalized spacial score (nSPS) is 12.4. The Labute approximate surface area is 194 Å². The lowest BCUT2D eigenvalue weighted by atomic mass is 9.92. The smallest absolute Gasteiger partial charge is 0.0724 e. The zero-order valence-electron chi connectivity index (χ0n) is 18.3. The van der Waals surface area contributed by atoms with E-state index in [-0.39, 0.29) is 5.92 Å². The van der Waals surface area contributed by atoms with Crippen LogP contribution >= 0.6 is 27.7 Å². The van der Waals surface area contributed by atoms with E-state index in [4.69, 9.17) is 0 Å². The van der Waals surface area contributed by atoms with Gasteiger partial charge < -0.3 is 9.97 Å². The molecule has 0 aliphatic heterocycles. The molecule has 0 saturated carbocycles. The van der Waals surface area contributed by atoms with E-state index in [1.54, 1.807) is 0 Å². The third-order valence-corrected chi connectivity index (χ3v) is 7.14. The number of rotatable bonds is 13. The van der Waals surface area contributed by atoms with Crippen molar-refractivity contribution < 1.29 is 0 Å². The first-order valence-corrected chi connectivity index (χ1v) is 13.2. The number of aryl methyl sites for hydroxylation is 1. The van der Waals surface area contributed by atoms with Gasteiger partial charge in [-0.15, -0.1) is 11.8 Å². The third kappa shape index (κ3) is 7.09. The Bertz CT molecular complexity index is 865. The molecule has 1 unspecified atom stereocenters. The van der Waals surface area contributed by atoms with Gasteiger partial charge in [-0.05, 0) is 58.8 Å². The van der Waals surface area contributed by atoms with E-state index in [1.165, 1.54) is 84.7 Å². The van der Waals surface area contributed by atoms with Crippen LogP contribution < -0.4 is 0 Å². The molecule has 2 N–H and O–H groups in total. The Kier molecular flexibility index (Phi) is 9.67. The summed E-state index contributed by atoms with van der Waals surface area (Å²) < 4.78 is 1.09. The highest BCUT2D eigenvalue weighted by Crippen LogP contribution is 2.33. The van der Waals surface area contributed by atoms with Gasteiger partial charge in [0, 0.05) is 22.1 Å². The molecule has 0 amide bonds. The van der Waals surface area contributed by atoms with E-state index >= 15 is 0 Å². The molecule has 1 atom stereocenters. The van der Waals surface area contributed by atoms with Crippen LogP contribution in [0.25, 0.3) is 0 Å². The minimum absolute atomic E-state index is 0.189. The molecule has 3 aromatic rings. The van der Waals surface area contributed by atoms with E-state index < -0.39 is 0 Å². The number of hydrogen-bond acceptors (Lipinski definition) is 1. The first kappa shape index (κ1) is 23.3. The van der Waals surface area contributed by atoms with Gasteiger partial charge in [0.05, 0.1) is 10.9 Å². The van der Waals surface area contributed by atoms with Crippen LogP contribution in [-0.2, 0) is 0 Å². The second kappa shape index (κ2) is 12.5. The van der Waals surface area contributed by atoms with Gasteiger partial charge in [0.15, 0.2) is 0 Å². The van der Waals surface area contributed by atoms with E-state index in [2.05, 4.69) is 82.2 Å².